The van der Waals surface area contributed by atoms with Gasteiger partial charge in [0.2, 0.25) is 16.0 Å². The van der Waals surface area contributed by atoms with E-state index in [2.05, 4.69) is 20.3 Å². The lowest BCUT2D eigenvalue weighted by Gasteiger charge is -2.15. The second-order valence-electron chi connectivity index (χ2n) is 7.62. The number of rotatable bonds is 7. The number of aromatic nitrogens is 4. The second kappa shape index (κ2) is 9.18. The molecule has 1 fully saturated rings. The van der Waals surface area contributed by atoms with E-state index in [1.54, 1.807) is 24.1 Å². The Hall–Kier alpha value is -2.47. The number of hydrogen-bond donors (Lipinski definition) is 2. The second-order valence-corrected chi connectivity index (χ2v) is 9.71. The summed E-state index contributed by atoms with van der Waals surface area (Å²) in [5, 5.41) is 4.25. The summed E-state index contributed by atoms with van der Waals surface area (Å²) in [5.41, 5.74) is 2.61. The molecule has 12 heteroatoms. The molecular weight excluding hydrogens is 456 g/mol. The Kier molecular flexibility index (Phi) is 6.94. The Labute approximate surface area is 191 Å². The van der Waals surface area contributed by atoms with E-state index in [-0.39, 0.29) is 33.3 Å². The van der Waals surface area contributed by atoms with Crippen LogP contribution in [0, 0.1) is 0 Å². The predicted octanol–water partition coefficient (Wildman–Crippen LogP) is 2.66. The summed E-state index contributed by atoms with van der Waals surface area (Å²) < 4.78 is 31.2. The van der Waals surface area contributed by atoms with Gasteiger partial charge in [0.1, 0.15) is 0 Å². The molecule has 0 atom stereocenters. The first-order valence-corrected chi connectivity index (χ1v) is 12.0. The largest absolute Gasteiger partial charge is 0.277 e. The fourth-order valence-electron chi connectivity index (χ4n) is 3.14. The van der Waals surface area contributed by atoms with Crippen LogP contribution >= 0.6 is 11.6 Å². The first kappa shape index (κ1) is 24.2. The van der Waals surface area contributed by atoms with E-state index < -0.39 is 21.1 Å². The molecule has 1 aliphatic rings. The molecule has 0 spiro atoms. The number of nitrogens with zero attached hydrogens (tertiary/aromatic N) is 4. The maximum absolute atomic E-state index is 13.3. The fraction of sp³-hybridized carbons (Fsp3) is 0.450. The van der Waals surface area contributed by atoms with Gasteiger partial charge in [0.15, 0.2) is 0 Å². The maximum atomic E-state index is 13.3. The van der Waals surface area contributed by atoms with Gasteiger partial charge >= 0.3 is 0 Å². The van der Waals surface area contributed by atoms with Crippen molar-refractivity contribution in [3.05, 3.63) is 45.5 Å². The summed E-state index contributed by atoms with van der Waals surface area (Å²) in [7, 11) is -0.677. The zero-order valence-corrected chi connectivity index (χ0v) is 20.2. The SMILES string of the molecule is CC.CONc1nc2c(Cl)cc(S(=O)(=O)NC3(C)CC3)cc2c(=O)n1Cc1cnn(C)c1. The van der Waals surface area contributed by atoms with Crippen molar-refractivity contribution in [3.63, 3.8) is 0 Å². The molecule has 1 aliphatic carbocycles. The smallest absolute Gasteiger partial charge is 0.263 e. The number of aryl methyl sites for hydroxylation is 1. The molecule has 2 aromatic heterocycles. The molecule has 3 aromatic rings. The Balaban J connectivity index is 0.00000141. The summed E-state index contributed by atoms with van der Waals surface area (Å²) >= 11 is 6.33. The highest BCUT2D eigenvalue weighted by Gasteiger charge is 2.41. The normalized spacial score (nSPS) is 14.7. The van der Waals surface area contributed by atoms with Crippen LogP contribution in [0.3, 0.4) is 0 Å². The van der Waals surface area contributed by atoms with Crippen molar-refractivity contribution in [2.45, 2.75) is 50.6 Å². The van der Waals surface area contributed by atoms with E-state index in [1.807, 2.05) is 20.8 Å². The Morgan fingerprint density at radius 2 is 1.97 bits per heavy atom. The molecule has 0 amide bonds. The number of fused-ring (bicyclic) bond motifs is 1. The zero-order chi connectivity index (χ0) is 23.7. The maximum Gasteiger partial charge on any atom is 0.263 e. The van der Waals surface area contributed by atoms with Crippen LogP contribution in [-0.2, 0) is 28.5 Å². The van der Waals surface area contributed by atoms with Crippen molar-refractivity contribution in [1.82, 2.24) is 24.1 Å². The van der Waals surface area contributed by atoms with E-state index in [9.17, 15) is 13.2 Å². The Morgan fingerprint density at radius 1 is 1.28 bits per heavy atom. The van der Waals surface area contributed by atoms with Crippen LogP contribution in [0.25, 0.3) is 10.9 Å². The molecule has 32 heavy (non-hydrogen) atoms. The minimum absolute atomic E-state index is 0.0543. The highest BCUT2D eigenvalue weighted by Crippen LogP contribution is 2.36. The number of benzene rings is 1. The standard InChI is InChI=1S/C18H21ClN6O4S.C2H6/c1-18(4-5-18)23-30(27,28)12-6-13-15(14(19)7-12)21-17(22-29-3)25(16(13)26)10-11-8-20-24(2)9-11;1-2/h6-9,23H,4-5,10H2,1-3H3,(H,21,22);1-2H3. The first-order valence-electron chi connectivity index (χ1n) is 10.2. The van der Waals surface area contributed by atoms with E-state index in [1.165, 1.54) is 23.8 Å². The Morgan fingerprint density at radius 3 is 2.53 bits per heavy atom. The summed E-state index contributed by atoms with van der Waals surface area (Å²) in [6.45, 7) is 5.99. The minimum atomic E-state index is -3.84. The molecule has 2 N–H and O–H groups in total. The zero-order valence-electron chi connectivity index (χ0n) is 18.6. The minimum Gasteiger partial charge on any atom is -0.277 e. The van der Waals surface area contributed by atoms with Crippen LogP contribution in [0.15, 0.2) is 34.2 Å². The van der Waals surface area contributed by atoms with Gasteiger partial charge in [-0.1, -0.05) is 25.4 Å². The molecule has 1 aromatic carbocycles. The molecule has 0 saturated heterocycles. The van der Waals surface area contributed by atoms with E-state index in [0.717, 1.165) is 18.4 Å². The molecule has 1 saturated carbocycles. The van der Waals surface area contributed by atoms with Gasteiger partial charge in [-0.3, -0.25) is 18.9 Å². The van der Waals surface area contributed by atoms with Crippen LogP contribution in [-0.4, -0.2) is 40.4 Å². The van der Waals surface area contributed by atoms with Gasteiger partial charge in [-0.25, -0.2) is 23.6 Å². The molecule has 0 aliphatic heterocycles. The molecule has 174 valence electrons. The van der Waals surface area contributed by atoms with Crippen LogP contribution in [0.2, 0.25) is 5.02 Å². The monoisotopic (exact) mass is 482 g/mol. The average Bonchev–Trinajstić information content (AvgIpc) is 3.31. The van der Waals surface area contributed by atoms with Gasteiger partial charge < -0.3 is 0 Å². The Bertz CT molecular complexity index is 1300. The lowest BCUT2D eigenvalue weighted by atomic mass is 10.2. The highest BCUT2D eigenvalue weighted by molar-refractivity contribution is 7.89. The number of sulfonamides is 1. The van der Waals surface area contributed by atoms with Crippen LogP contribution in [0.1, 0.15) is 39.2 Å². The number of hydrogen-bond acceptors (Lipinski definition) is 7. The van der Waals surface area contributed by atoms with Crippen molar-refractivity contribution in [2.75, 3.05) is 12.6 Å². The van der Waals surface area contributed by atoms with Gasteiger partial charge in [-0.05, 0) is 31.9 Å². The van der Waals surface area contributed by atoms with E-state index in [4.69, 9.17) is 16.4 Å². The molecule has 2 heterocycles. The van der Waals surface area contributed by atoms with Crippen LogP contribution in [0.4, 0.5) is 5.95 Å². The summed E-state index contributed by atoms with van der Waals surface area (Å²) in [6, 6.07) is 2.60. The van der Waals surface area contributed by atoms with Gasteiger partial charge in [-0.2, -0.15) is 5.10 Å². The van der Waals surface area contributed by atoms with Gasteiger partial charge in [0.05, 0.1) is 40.7 Å². The van der Waals surface area contributed by atoms with E-state index in [0.29, 0.717) is 0 Å². The summed E-state index contributed by atoms with van der Waals surface area (Å²) in [5.74, 6) is 0.139. The first-order chi connectivity index (χ1) is 15.1. The average molecular weight is 483 g/mol. The van der Waals surface area contributed by atoms with Crippen molar-refractivity contribution in [2.24, 2.45) is 7.05 Å². The topological polar surface area (TPSA) is 120 Å². The van der Waals surface area contributed by atoms with Crippen molar-refractivity contribution in [1.29, 1.82) is 0 Å². The molecule has 0 unspecified atom stereocenters. The third-order valence-corrected chi connectivity index (χ3v) is 6.88. The lowest BCUT2D eigenvalue weighted by Crippen LogP contribution is -2.34. The highest BCUT2D eigenvalue weighted by atomic mass is 35.5. The lowest BCUT2D eigenvalue weighted by molar-refractivity contribution is 0.264. The van der Waals surface area contributed by atoms with Crippen molar-refractivity contribution in [3.8, 4) is 0 Å². The fourth-order valence-corrected chi connectivity index (χ4v) is 4.98. The van der Waals surface area contributed by atoms with Crippen molar-refractivity contribution < 1.29 is 13.3 Å². The third kappa shape index (κ3) is 4.96. The summed E-state index contributed by atoms with van der Waals surface area (Å²) in [6.07, 6.45) is 4.92. The predicted molar refractivity (Wildman–Crippen MR) is 123 cm³/mol. The van der Waals surface area contributed by atoms with Gasteiger partial charge in [-0.15, -0.1) is 0 Å². The molecule has 10 nitrogen and oxygen atoms in total. The third-order valence-electron chi connectivity index (χ3n) is 4.97. The van der Waals surface area contributed by atoms with Gasteiger partial charge in [0.25, 0.3) is 5.56 Å². The molecular formula is C20H27ClN6O4S. The van der Waals surface area contributed by atoms with Crippen LogP contribution in [0.5, 0.6) is 0 Å². The van der Waals surface area contributed by atoms with Crippen molar-refractivity contribution >= 4 is 38.5 Å². The van der Waals surface area contributed by atoms with Gasteiger partial charge in [0, 0.05) is 24.3 Å². The molecule has 0 bridgehead atoms. The molecule has 0 radical (unpaired) electrons. The number of anilines is 1. The van der Waals surface area contributed by atoms with E-state index >= 15 is 0 Å². The number of nitrogens with one attached hydrogen (secondary N) is 2. The quantitative estimate of drug-likeness (QED) is 0.496. The molecule has 4 rings (SSSR count). The number of halogens is 1. The van der Waals surface area contributed by atoms with Crippen LogP contribution < -0.4 is 15.8 Å². The summed E-state index contributed by atoms with van der Waals surface area (Å²) in [4.78, 5) is 22.6.